The topological polar surface area (TPSA) is 58.1 Å². The van der Waals surface area contributed by atoms with Crippen molar-refractivity contribution < 1.29 is 4.79 Å². The van der Waals surface area contributed by atoms with E-state index in [1.54, 1.807) is 48.7 Å². The van der Waals surface area contributed by atoms with E-state index in [0.717, 1.165) is 17.7 Å². The summed E-state index contributed by atoms with van der Waals surface area (Å²) in [7, 11) is 1.79. The molecule has 3 aromatic rings. The number of anilines is 2. The Balaban J connectivity index is 1.60. The van der Waals surface area contributed by atoms with Gasteiger partial charge in [-0.2, -0.15) is 0 Å². The number of hydrogen-bond donors (Lipinski definition) is 1. The summed E-state index contributed by atoms with van der Waals surface area (Å²) < 4.78 is 0. The third kappa shape index (κ3) is 4.58. The second-order valence-corrected chi connectivity index (χ2v) is 6.28. The van der Waals surface area contributed by atoms with E-state index in [0.29, 0.717) is 22.9 Å². The van der Waals surface area contributed by atoms with E-state index >= 15 is 0 Å². The summed E-state index contributed by atoms with van der Waals surface area (Å²) in [5.41, 5.74) is 2.47. The molecule has 1 aromatic carbocycles. The van der Waals surface area contributed by atoms with Crippen molar-refractivity contribution in [3.05, 3.63) is 83.3 Å². The Labute approximate surface area is 157 Å². The minimum absolute atomic E-state index is 0.0594. The maximum Gasteiger partial charge on any atom is 0.255 e. The Morgan fingerprint density at radius 1 is 1.12 bits per heavy atom. The SMILES string of the molecule is CN(CCc1ccncc1)C(=O)c1ccc(Nc2ccccc2Cl)nc1. The molecule has 26 heavy (non-hydrogen) atoms. The molecule has 1 N–H and O–H groups in total. The number of likely N-dealkylation sites (N-methyl/N-ethyl adjacent to an activating group) is 1. The molecule has 2 aromatic heterocycles. The second-order valence-electron chi connectivity index (χ2n) is 5.87. The molecule has 0 atom stereocenters. The van der Waals surface area contributed by atoms with E-state index in [-0.39, 0.29) is 5.91 Å². The molecule has 0 unspecified atom stereocenters. The van der Waals surface area contributed by atoms with Crippen LogP contribution in [-0.2, 0) is 6.42 Å². The number of nitrogens with one attached hydrogen (secondary N) is 1. The molecule has 0 saturated carbocycles. The number of amides is 1. The van der Waals surface area contributed by atoms with E-state index in [4.69, 9.17) is 11.6 Å². The standard InChI is InChI=1S/C20H19ClN4O/c1-25(13-10-15-8-11-22-12-9-15)20(26)16-6-7-19(23-14-16)24-18-5-3-2-4-17(18)21/h2-9,11-12,14H,10,13H2,1H3,(H,23,24). The minimum Gasteiger partial charge on any atom is -0.341 e. The Hall–Kier alpha value is -2.92. The van der Waals surface area contributed by atoms with Crippen LogP contribution in [0.1, 0.15) is 15.9 Å². The highest BCUT2D eigenvalue weighted by Crippen LogP contribution is 2.23. The van der Waals surface area contributed by atoms with E-state index in [9.17, 15) is 4.79 Å². The van der Waals surface area contributed by atoms with E-state index in [2.05, 4.69) is 15.3 Å². The van der Waals surface area contributed by atoms with Crippen LogP contribution in [0, 0.1) is 0 Å². The number of nitrogens with zero attached hydrogens (tertiary/aromatic N) is 3. The average molecular weight is 367 g/mol. The van der Waals surface area contributed by atoms with Gasteiger partial charge in [-0.05, 0) is 48.4 Å². The molecule has 2 heterocycles. The van der Waals surface area contributed by atoms with Gasteiger partial charge >= 0.3 is 0 Å². The number of para-hydroxylation sites is 1. The van der Waals surface area contributed by atoms with Crippen molar-refractivity contribution >= 4 is 29.0 Å². The second kappa shape index (κ2) is 8.45. The van der Waals surface area contributed by atoms with Crippen LogP contribution in [0.3, 0.4) is 0 Å². The van der Waals surface area contributed by atoms with Gasteiger partial charge in [0.05, 0.1) is 16.3 Å². The van der Waals surface area contributed by atoms with Crippen LogP contribution in [0.5, 0.6) is 0 Å². The van der Waals surface area contributed by atoms with Gasteiger partial charge in [0.25, 0.3) is 5.91 Å². The van der Waals surface area contributed by atoms with Gasteiger partial charge < -0.3 is 10.2 Å². The third-order valence-corrected chi connectivity index (χ3v) is 4.31. The molecule has 0 aliphatic heterocycles. The van der Waals surface area contributed by atoms with Gasteiger partial charge in [0.15, 0.2) is 0 Å². The van der Waals surface area contributed by atoms with Crippen LogP contribution in [0.25, 0.3) is 0 Å². The van der Waals surface area contributed by atoms with Gasteiger partial charge in [-0.15, -0.1) is 0 Å². The highest BCUT2D eigenvalue weighted by atomic mass is 35.5. The van der Waals surface area contributed by atoms with Gasteiger partial charge in [-0.1, -0.05) is 23.7 Å². The summed E-state index contributed by atoms with van der Waals surface area (Å²) in [6.45, 7) is 0.627. The van der Waals surface area contributed by atoms with Crippen molar-refractivity contribution in [3.8, 4) is 0 Å². The first-order chi connectivity index (χ1) is 12.6. The Bertz CT molecular complexity index is 868. The molecular formula is C20H19ClN4O. The van der Waals surface area contributed by atoms with E-state index in [1.807, 2.05) is 30.3 Å². The Morgan fingerprint density at radius 3 is 2.58 bits per heavy atom. The van der Waals surface area contributed by atoms with E-state index in [1.165, 1.54) is 0 Å². The lowest BCUT2D eigenvalue weighted by Gasteiger charge is -2.17. The summed E-state index contributed by atoms with van der Waals surface area (Å²) in [6.07, 6.45) is 5.87. The number of halogens is 1. The summed E-state index contributed by atoms with van der Waals surface area (Å²) in [5.74, 6) is 0.574. The molecule has 0 saturated heterocycles. The minimum atomic E-state index is -0.0594. The molecule has 6 heteroatoms. The molecule has 0 aliphatic carbocycles. The highest BCUT2D eigenvalue weighted by Gasteiger charge is 2.12. The van der Waals surface area contributed by atoms with Crippen LogP contribution in [0.15, 0.2) is 67.1 Å². The fourth-order valence-electron chi connectivity index (χ4n) is 2.46. The maximum atomic E-state index is 12.5. The first-order valence-electron chi connectivity index (χ1n) is 8.25. The average Bonchev–Trinajstić information content (AvgIpc) is 2.69. The normalized spacial score (nSPS) is 10.4. The van der Waals surface area contributed by atoms with Crippen LogP contribution in [0.4, 0.5) is 11.5 Å². The molecular weight excluding hydrogens is 348 g/mol. The van der Waals surface area contributed by atoms with Crippen LogP contribution >= 0.6 is 11.6 Å². The third-order valence-electron chi connectivity index (χ3n) is 3.98. The lowest BCUT2D eigenvalue weighted by molar-refractivity contribution is 0.0796. The van der Waals surface area contributed by atoms with E-state index < -0.39 is 0 Å². The van der Waals surface area contributed by atoms with Crippen molar-refractivity contribution in [2.24, 2.45) is 0 Å². The summed E-state index contributed by atoms with van der Waals surface area (Å²) >= 11 is 6.13. The highest BCUT2D eigenvalue weighted by molar-refractivity contribution is 6.33. The predicted molar refractivity (Wildman–Crippen MR) is 104 cm³/mol. The molecule has 3 rings (SSSR count). The van der Waals surface area contributed by atoms with Crippen LogP contribution in [-0.4, -0.2) is 34.4 Å². The molecule has 0 bridgehead atoms. The van der Waals surface area contributed by atoms with Gasteiger partial charge in [-0.25, -0.2) is 4.98 Å². The molecule has 132 valence electrons. The number of hydrogen-bond acceptors (Lipinski definition) is 4. The lowest BCUT2D eigenvalue weighted by Crippen LogP contribution is -2.28. The number of rotatable bonds is 6. The fourth-order valence-corrected chi connectivity index (χ4v) is 2.65. The van der Waals surface area contributed by atoms with Crippen molar-refractivity contribution in [2.75, 3.05) is 18.9 Å². The lowest BCUT2D eigenvalue weighted by atomic mass is 10.2. The van der Waals surface area contributed by atoms with Gasteiger partial charge in [0.2, 0.25) is 0 Å². The molecule has 0 aliphatic rings. The molecule has 5 nitrogen and oxygen atoms in total. The zero-order valence-corrected chi connectivity index (χ0v) is 15.1. The zero-order valence-electron chi connectivity index (χ0n) is 14.4. The summed E-state index contributed by atoms with van der Waals surface area (Å²) in [4.78, 5) is 22.5. The quantitative estimate of drug-likeness (QED) is 0.710. The summed E-state index contributed by atoms with van der Waals surface area (Å²) in [5, 5.41) is 3.76. The fraction of sp³-hybridized carbons (Fsp3) is 0.150. The molecule has 0 fully saturated rings. The number of aromatic nitrogens is 2. The predicted octanol–water partition coefficient (Wildman–Crippen LogP) is 4.19. The zero-order chi connectivity index (χ0) is 18.4. The van der Waals surface area contributed by atoms with Crippen molar-refractivity contribution in [2.45, 2.75) is 6.42 Å². The monoisotopic (exact) mass is 366 g/mol. The van der Waals surface area contributed by atoms with Crippen molar-refractivity contribution in [1.29, 1.82) is 0 Å². The Morgan fingerprint density at radius 2 is 1.88 bits per heavy atom. The molecule has 0 radical (unpaired) electrons. The summed E-state index contributed by atoms with van der Waals surface area (Å²) in [6, 6.07) is 14.9. The first kappa shape index (κ1) is 17.9. The number of pyridine rings is 2. The van der Waals surface area contributed by atoms with Crippen LogP contribution < -0.4 is 5.32 Å². The largest absolute Gasteiger partial charge is 0.341 e. The van der Waals surface area contributed by atoms with Crippen molar-refractivity contribution in [1.82, 2.24) is 14.9 Å². The number of carbonyl (C=O) groups is 1. The van der Waals surface area contributed by atoms with Gasteiger partial charge in [-0.3, -0.25) is 9.78 Å². The molecule has 0 spiro atoms. The number of carbonyl (C=O) groups excluding carboxylic acids is 1. The Kier molecular flexibility index (Phi) is 5.81. The van der Waals surface area contributed by atoms with Crippen molar-refractivity contribution in [3.63, 3.8) is 0 Å². The number of benzene rings is 1. The molecule has 1 amide bonds. The van der Waals surface area contributed by atoms with Crippen LogP contribution in [0.2, 0.25) is 5.02 Å². The van der Waals surface area contributed by atoms with Gasteiger partial charge in [0.1, 0.15) is 5.82 Å². The first-order valence-corrected chi connectivity index (χ1v) is 8.63. The van der Waals surface area contributed by atoms with Gasteiger partial charge in [0, 0.05) is 32.2 Å². The smallest absolute Gasteiger partial charge is 0.255 e. The maximum absolute atomic E-state index is 12.5.